The molecule has 7 nitrogen and oxygen atoms in total. The predicted molar refractivity (Wildman–Crippen MR) is 164 cm³/mol. The van der Waals surface area contributed by atoms with Crippen LogP contribution < -0.4 is 9.62 Å². The fraction of sp³-hybridized carbons (Fsp3) is 0.355. The molecule has 0 aromatic heterocycles. The number of hydrogen-bond acceptors (Lipinski definition) is 4. The predicted octanol–water partition coefficient (Wildman–Crippen LogP) is 6.10. The maximum atomic E-state index is 14.0. The van der Waals surface area contributed by atoms with Crippen molar-refractivity contribution in [3.63, 3.8) is 0 Å². The second-order valence-electron chi connectivity index (χ2n) is 10.3. The Balaban J connectivity index is 1.65. The molecule has 10 heteroatoms. The number of hydrogen-bond donors (Lipinski definition) is 1. The van der Waals surface area contributed by atoms with Crippen molar-refractivity contribution in [1.82, 2.24) is 10.2 Å². The minimum atomic E-state index is -4.18. The Labute approximate surface area is 252 Å². The molecule has 1 atom stereocenters. The van der Waals surface area contributed by atoms with E-state index in [1.807, 2.05) is 30.3 Å². The highest BCUT2D eigenvalue weighted by Gasteiger charge is 2.33. The van der Waals surface area contributed by atoms with Crippen molar-refractivity contribution in [2.75, 3.05) is 17.4 Å². The van der Waals surface area contributed by atoms with Gasteiger partial charge in [-0.15, -0.1) is 0 Å². The summed E-state index contributed by atoms with van der Waals surface area (Å²) in [5.41, 5.74) is 1.16. The van der Waals surface area contributed by atoms with Crippen molar-refractivity contribution in [3.8, 4) is 0 Å². The number of amides is 2. The number of carbonyl (C=O) groups is 2. The number of benzene rings is 3. The van der Waals surface area contributed by atoms with Crippen molar-refractivity contribution in [3.05, 3.63) is 94.5 Å². The molecule has 1 aliphatic carbocycles. The summed E-state index contributed by atoms with van der Waals surface area (Å²) in [6.07, 6.45) is 5.60. The van der Waals surface area contributed by atoms with Crippen LogP contribution in [-0.2, 0) is 26.0 Å². The van der Waals surface area contributed by atoms with Crippen LogP contribution in [0, 0.1) is 0 Å². The molecule has 2 amide bonds. The van der Waals surface area contributed by atoms with Gasteiger partial charge in [0.2, 0.25) is 11.8 Å². The fourth-order valence-electron chi connectivity index (χ4n) is 5.07. The summed E-state index contributed by atoms with van der Waals surface area (Å²) in [7, 11) is -4.18. The lowest BCUT2D eigenvalue weighted by Crippen LogP contribution is -2.53. The molecule has 1 fully saturated rings. The molecule has 218 valence electrons. The first-order chi connectivity index (χ1) is 19.6. The maximum absolute atomic E-state index is 14.0. The molecule has 3 aromatic carbocycles. The number of anilines is 1. The Morgan fingerprint density at radius 2 is 1.49 bits per heavy atom. The summed E-state index contributed by atoms with van der Waals surface area (Å²) in [5, 5.41) is 3.57. The van der Waals surface area contributed by atoms with E-state index in [-0.39, 0.29) is 39.1 Å². The number of nitrogens with one attached hydrogen (secondary N) is 1. The molecule has 3 aromatic rings. The average Bonchev–Trinajstić information content (AvgIpc) is 2.96. The highest BCUT2D eigenvalue weighted by Crippen LogP contribution is 2.30. The first-order valence-electron chi connectivity index (χ1n) is 13.8. The Hall–Kier alpha value is -3.07. The van der Waals surface area contributed by atoms with E-state index in [1.165, 1.54) is 35.2 Å². The Kier molecular flexibility index (Phi) is 10.7. The smallest absolute Gasteiger partial charge is 0.264 e. The van der Waals surface area contributed by atoms with Gasteiger partial charge in [-0.2, -0.15) is 0 Å². The third-order valence-corrected chi connectivity index (χ3v) is 9.57. The molecule has 1 saturated carbocycles. The van der Waals surface area contributed by atoms with Gasteiger partial charge in [0.25, 0.3) is 10.0 Å². The van der Waals surface area contributed by atoms with E-state index in [0.29, 0.717) is 6.42 Å². The highest BCUT2D eigenvalue weighted by atomic mass is 35.5. The van der Waals surface area contributed by atoms with E-state index >= 15 is 0 Å². The molecule has 1 aliphatic rings. The van der Waals surface area contributed by atoms with Crippen molar-refractivity contribution in [1.29, 1.82) is 0 Å². The second kappa shape index (κ2) is 14.2. The first kappa shape index (κ1) is 30.9. The fourth-order valence-corrected chi connectivity index (χ4v) is 7.00. The number of nitrogens with zero attached hydrogens (tertiary/aromatic N) is 2. The minimum absolute atomic E-state index is 0.0165. The van der Waals surface area contributed by atoms with E-state index in [9.17, 15) is 18.0 Å². The van der Waals surface area contributed by atoms with Gasteiger partial charge in [0.05, 0.1) is 10.6 Å². The summed E-state index contributed by atoms with van der Waals surface area (Å²) in [6.45, 7) is 1.38. The van der Waals surface area contributed by atoms with Gasteiger partial charge < -0.3 is 10.2 Å². The lowest BCUT2D eigenvalue weighted by molar-refractivity contribution is -0.139. The number of rotatable bonds is 11. The van der Waals surface area contributed by atoms with E-state index in [1.54, 1.807) is 25.1 Å². The van der Waals surface area contributed by atoms with Crippen LogP contribution in [0.1, 0.15) is 44.6 Å². The number of halogens is 2. The molecule has 41 heavy (non-hydrogen) atoms. The zero-order chi connectivity index (χ0) is 29.4. The molecule has 0 radical (unpaired) electrons. The molecule has 0 aliphatic heterocycles. The number of carbonyl (C=O) groups excluding carboxylic acids is 2. The lowest BCUT2D eigenvalue weighted by Gasteiger charge is -2.33. The van der Waals surface area contributed by atoms with Gasteiger partial charge in [-0.1, -0.05) is 91.0 Å². The van der Waals surface area contributed by atoms with Crippen LogP contribution in [-0.4, -0.2) is 50.3 Å². The third-order valence-electron chi connectivity index (χ3n) is 7.35. The number of sulfonamides is 1. The Bertz CT molecular complexity index is 1410. The highest BCUT2D eigenvalue weighted by molar-refractivity contribution is 7.92. The molecule has 0 spiro atoms. The van der Waals surface area contributed by atoms with Crippen molar-refractivity contribution in [2.45, 2.75) is 62.4 Å². The minimum Gasteiger partial charge on any atom is -0.352 e. The van der Waals surface area contributed by atoms with Crippen LogP contribution in [0.5, 0.6) is 0 Å². The van der Waals surface area contributed by atoms with E-state index in [4.69, 9.17) is 23.2 Å². The second-order valence-corrected chi connectivity index (χ2v) is 13.0. The zero-order valence-corrected chi connectivity index (χ0v) is 25.3. The van der Waals surface area contributed by atoms with Crippen LogP contribution >= 0.6 is 23.2 Å². The van der Waals surface area contributed by atoms with Crippen molar-refractivity contribution in [2.24, 2.45) is 0 Å². The topological polar surface area (TPSA) is 86.8 Å². The van der Waals surface area contributed by atoms with Gasteiger partial charge in [-0.05, 0) is 62.1 Å². The van der Waals surface area contributed by atoms with Gasteiger partial charge >= 0.3 is 0 Å². The van der Waals surface area contributed by atoms with Crippen molar-refractivity contribution < 1.29 is 18.0 Å². The average molecular weight is 617 g/mol. The SMILES string of the molecule is C[C@H](C(=O)NC1CCCCC1)N(CCc1ccccc1)C(=O)CN(c1cc(Cl)cc(Cl)c1)S(=O)(=O)c1ccccc1. The van der Waals surface area contributed by atoms with Gasteiger partial charge in [-0.3, -0.25) is 13.9 Å². The van der Waals surface area contributed by atoms with Crippen LogP contribution in [0.15, 0.2) is 83.8 Å². The van der Waals surface area contributed by atoms with Gasteiger partial charge in [0.15, 0.2) is 0 Å². The summed E-state index contributed by atoms with van der Waals surface area (Å²) in [5.74, 6) is -0.760. The first-order valence-corrected chi connectivity index (χ1v) is 16.0. The van der Waals surface area contributed by atoms with Gasteiger partial charge in [0.1, 0.15) is 12.6 Å². The van der Waals surface area contributed by atoms with E-state index in [0.717, 1.165) is 42.0 Å². The Morgan fingerprint density at radius 1 is 0.902 bits per heavy atom. The van der Waals surface area contributed by atoms with Crippen molar-refractivity contribution >= 4 is 50.7 Å². The molecule has 1 N–H and O–H groups in total. The zero-order valence-electron chi connectivity index (χ0n) is 23.0. The van der Waals surface area contributed by atoms with Gasteiger partial charge in [-0.25, -0.2) is 8.42 Å². The van der Waals surface area contributed by atoms with Crippen LogP contribution in [0.4, 0.5) is 5.69 Å². The lowest BCUT2D eigenvalue weighted by atomic mass is 9.95. The third kappa shape index (κ3) is 8.24. The molecule has 4 rings (SSSR count). The summed E-state index contributed by atoms with van der Waals surface area (Å²) in [4.78, 5) is 28.8. The molecule has 0 unspecified atom stereocenters. The van der Waals surface area contributed by atoms with Crippen LogP contribution in [0.25, 0.3) is 0 Å². The largest absolute Gasteiger partial charge is 0.352 e. The summed E-state index contributed by atoms with van der Waals surface area (Å²) >= 11 is 12.5. The quantitative estimate of drug-likeness (QED) is 0.282. The van der Waals surface area contributed by atoms with Crippen LogP contribution in [0.3, 0.4) is 0 Å². The maximum Gasteiger partial charge on any atom is 0.264 e. The molecule has 0 bridgehead atoms. The monoisotopic (exact) mass is 615 g/mol. The van der Waals surface area contributed by atoms with E-state index in [2.05, 4.69) is 5.32 Å². The van der Waals surface area contributed by atoms with Crippen LogP contribution in [0.2, 0.25) is 10.0 Å². The molecule has 0 saturated heterocycles. The summed E-state index contributed by atoms with van der Waals surface area (Å²) < 4.78 is 28.7. The summed E-state index contributed by atoms with van der Waals surface area (Å²) in [6, 6.07) is 21.2. The normalized spacial score (nSPS) is 14.7. The molecule has 0 heterocycles. The molecular formula is C31H35Cl2N3O4S. The van der Waals surface area contributed by atoms with E-state index < -0.39 is 28.5 Å². The van der Waals surface area contributed by atoms with Gasteiger partial charge in [0, 0.05) is 22.6 Å². The Morgan fingerprint density at radius 3 is 2.10 bits per heavy atom. The molecular weight excluding hydrogens is 581 g/mol. The standard InChI is InChI=1S/C31H35Cl2N3O4S/c1-23(31(38)34-27-13-7-3-8-14-27)35(18-17-24-11-5-2-6-12-24)30(37)22-36(28-20-25(32)19-26(33)21-28)41(39,40)29-15-9-4-10-16-29/h2,4-6,9-12,15-16,19-21,23,27H,3,7-8,13-14,17-18,22H2,1H3,(H,34,38)/t23-/m1/s1.